The maximum Gasteiger partial charge on any atom is 0.240 e. The van der Waals surface area contributed by atoms with Gasteiger partial charge in [-0.2, -0.15) is 4.98 Å². The molecule has 1 saturated heterocycles. The first-order chi connectivity index (χ1) is 8.44. The number of nitrogens with one attached hydrogen (secondary N) is 1. The van der Waals surface area contributed by atoms with Crippen molar-refractivity contribution >= 4 is 9.84 Å². The van der Waals surface area contributed by atoms with Crippen LogP contribution in [0.5, 0.6) is 0 Å². The van der Waals surface area contributed by atoms with Gasteiger partial charge in [0, 0.05) is 6.04 Å². The third-order valence-corrected chi connectivity index (χ3v) is 4.51. The van der Waals surface area contributed by atoms with E-state index in [4.69, 9.17) is 4.52 Å². The van der Waals surface area contributed by atoms with Crippen LogP contribution in [0.2, 0.25) is 0 Å². The van der Waals surface area contributed by atoms with Crippen molar-refractivity contribution in [3.05, 3.63) is 11.7 Å². The van der Waals surface area contributed by atoms with Gasteiger partial charge in [-0.05, 0) is 20.5 Å². The molecule has 0 radical (unpaired) electrons. The smallest absolute Gasteiger partial charge is 0.240 e. The first-order valence-corrected chi connectivity index (χ1v) is 7.67. The fraction of sp³-hybridized carbons (Fsp3) is 0.800. The van der Waals surface area contributed by atoms with Crippen molar-refractivity contribution in [1.82, 2.24) is 20.4 Å². The van der Waals surface area contributed by atoms with Gasteiger partial charge in [0.2, 0.25) is 5.89 Å². The lowest BCUT2D eigenvalue weighted by Gasteiger charge is -2.07. The fourth-order valence-corrected chi connectivity index (χ4v) is 3.60. The van der Waals surface area contributed by atoms with Crippen LogP contribution in [-0.4, -0.2) is 55.1 Å². The van der Waals surface area contributed by atoms with Crippen molar-refractivity contribution in [1.29, 1.82) is 0 Å². The molecule has 1 fully saturated rings. The lowest BCUT2D eigenvalue weighted by Crippen LogP contribution is -2.29. The molecule has 1 unspecified atom stereocenters. The van der Waals surface area contributed by atoms with E-state index < -0.39 is 9.84 Å². The second kappa shape index (κ2) is 5.33. The summed E-state index contributed by atoms with van der Waals surface area (Å²) in [4.78, 5) is 6.17. The minimum atomic E-state index is -2.85. The summed E-state index contributed by atoms with van der Waals surface area (Å²) in [6, 6.07) is -0.000742. The van der Waals surface area contributed by atoms with Crippen molar-refractivity contribution in [2.24, 2.45) is 0 Å². The predicted octanol–water partition coefficient (Wildman–Crippen LogP) is -0.592. The van der Waals surface area contributed by atoms with Crippen molar-refractivity contribution in [3.8, 4) is 0 Å². The van der Waals surface area contributed by atoms with Crippen LogP contribution in [0.25, 0.3) is 0 Å². The number of hydrogen-bond acceptors (Lipinski definition) is 7. The molecule has 2 heterocycles. The Hall–Kier alpha value is -0.990. The number of sulfone groups is 1. The lowest BCUT2D eigenvalue weighted by molar-refractivity contribution is 0.340. The number of aromatic nitrogens is 2. The first-order valence-electron chi connectivity index (χ1n) is 5.84. The van der Waals surface area contributed by atoms with E-state index in [1.54, 1.807) is 0 Å². The Morgan fingerprint density at radius 1 is 1.50 bits per heavy atom. The molecule has 0 bridgehead atoms. The van der Waals surface area contributed by atoms with E-state index >= 15 is 0 Å². The fourth-order valence-electron chi connectivity index (χ4n) is 1.90. The standard InChI is InChI=1S/C10H18N4O3S/c1-14(2)6-9-12-10(17-13-9)5-11-8-3-4-18(15,16)7-8/h8,11H,3-7H2,1-2H3. The molecule has 102 valence electrons. The van der Waals surface area contributed by atoms with E-state index in [1.807, 2.05) is 19.0 Å². The highest BCUT2D eigenvalue weighted by molar-refractivity contribution is 7.91. The maximum atomic E-state index is 11.3. The van der Waals surface area contributed by atoms with E-state index in [0.29, 0.717) is 31.2 Å². The third-order valence-electron chi connectivity index (χ3n) is 2.74. The van der Waals surface area contributed by atoms with Gasteiger partial charge in [0.25, 0.3) is 0 Å². The Bertz CT molecular complexity index is 497. The van der Waals surface area contributed by atoms with Crippen LogP contribution >= 0.6 is 0 Å². The SMILES string of the molecule is CN(C)Cc1noc(CNC2CCS(=O)(=O)C2)n1. The topological polar surface area (TPSA) is 88.3 Å². The van der Waals surface area contributed by atoms with E-state index in [-0.39, 0.29) is 17.5 Å². The molecular formula is C10H18N4O3S. The second-order valence-corrected chi connectivity index (χ2v) is 7.05. The highest BCUT2D eigenvalue weighted by Gasteiger charge is 2.27. The van der Waals surface area contributed by atoms with Gasteiger partial charge in [-0.15, -0.1) is 0 Å². The number of nitrogens with zero attached hydrogens (tertiary/aromatic N) is 3. The quantitative estimate of drug-likeness (QED) is 0.767. The Labute approximate surface area is 106 Å². The Kier molecular flexibility index (Phi) is 3.98. The van der Waals surface area contributed by atoms with E-state index in [2.05, 4.69) is 15.5 Å². The summed E-state index contributed by atoms with van der Waals surface area (Å²) in [7, 11) is 1.01. The molecule has 2 rings (SSSR count). The van der Waals surface area contributed by atoms with E-state index in [0.717, 1.165) is 0 Å². The minimum absolute atomic E-state index is 0.000742. The molecule has 1 aromatic rings. The Morgan fingerprint density at radius 2 is 2.28 bits per heavy atom. The highest BCUT2D eigenvalue weighted by atomic mass is 32.2. The van der Waals surface area contributed by atoms with Gasteiger partial charge >= 0.3 is 0 Å². The Balaban J connectivity index is 1.82. The van der Waals surface area contributed by atoms with Crippen LogP contribution < -0.4 is 5.32 Å². The summed E-state index contributed by atoms with van der Waals surface area (Å²) in [5.41, 5.74) is 0. The summed E-state index contributed by atoms with van der Waals surface area (Å²) in [5.74, 6) is 1.60. The number of rotatable bonds is 5. The largest absolute Gasteiger partial charge is 0.338 e. The second-order valence-electron chi connectivity index (χ2n) is 4.82. The van der Waals surface area contributed by atoms with Crippen LogP contribution in [0.3, 0.4) is 0 Å². The molecule has 0 spiro atoms. The summed E-state index contributed by atoms with van der Waals surface area (Å²) in [6.45, 7) is 1.04. The van der Waals surface area contributed by atoms with Gasteiger partial charge in [0.05, 0.1) is 24.6 Å². The molecular weight excluding hydrogens is 256 g/mol. The molecule has 1 N–H and O–H groups in total. The van der Waals surface area contributed by atoms with Crippen molar-refractivity contribution in [3.63, 3.8) is 0 Å². The zero-order chi connectivity index (χ0) is 13.2. The molecule has 0 saturated carbocycles. The molecule has 1 aliphatic rings. The first kappa shape index (κ1) is 13.4. The molecule has 18 heavy (non-hydrogen) atoms. The average molecular weight is 274 g/mol. The summed E-state index contributed by atoms with van der Waals surface area (Å²) in [5, 5.41) is 6.98. The molecule has 1 aromatic heterocycles. The van der Waals surface area contributed by atoms with E-state index in [9.17, 15) is 8.42 Å². The summed E-state index contributed by atoms with van der Waals surface area (Å²) < 4.78 is 27.6. The van der Waals surface area contributed by atoms with Crippen LogP contribution in [0.4, 0.5) is 0 Å². The van der Waals surface area contributed by atoms with Gasteiger partial charge in [-0.25, -0.2) is 8.42 Å². The third kappa shape index (κ3) is 3.76. The zero-order valence-corrected chi connectivity index (χ0v) is 11.4. The minimum Gasteiger partial charge on any atom is -0.338 e. The molecule has 0 amide bonds. The van der Waals surface area contributed by atoms with Crippen LogP contribution in [0, 0.1) is 0 Å². The molecule has 0 aromatic carbocycles. The van der Waals surface area contributed by atoms with Gasteiger partial charge in [0.1, 0.15) is 0 Å². The van der Waals surface area contributed by atoms with Crippen LogP contribution in [0.15, 0.2) is 4.52 Å². The zero-order valence-electron chi connectivity index (χ0n) is 10.6. The van der Waals surface area contributed by atoms with Gasteiger partial charge in [0.15, 0.2) is 15.7 Å². The van der Waals surface area contributed by atoms with Gasteiger partial charge in [-0.1, -0.05) is 5.16 Å². The van der Waals surface area contributed by atoms with Crippen LogP contribution in [0.1, 0.15) is 18.1 Å². The van der Waals surface area contributed by atoms with Gasteiger partial charge < -0.3 is 14.7 Å². The molecule has 1 aliphatic heterocycles. The Morgan fingerprint density at radius 3 is 2.89 bits per heavy atom. The van der Waals surface area contributed by atoms with Crippen molar-refractivity contribution < 1.29 is 12.9 Å². The normalized spacial score (nSPS) is 22.7. The van der Waals surface area contributed by atoms with Crippen molar-refractivity contribution in [2.75, 3.05) is 25.6 Å². The number of hydrogen-bond donors (Lipinski definition) is 1. The van der Waals surface area contributed by atoms with Gasteiger partial charge in [-0.3, -0.25) is 0 Å². The predicted molar refractivity (Wildman–Crippen MR) is 65.6 cm³/mol. The molecule has 0 aliphatic carbocycles. The summed E-state index contributed by atoms with van der Waals surface area (Å²) in [6.07, 6.45) is 0.654. The van der Waals surface area contributed by atoms with Crippen LogP contribution in [-0.2, 0) is 22.9 Å². The average Bonchev–Trinajstić information content (AvgIpc) is 2.81. The lowest BCUT2D eigenvalue weighted by atomic mass is 10.3. The monoisotopic (exact) mass is 274 g/mol. The van der Waals surface area contributed by atoms with E-state index in [1.165, 1.54) is 0 Å². The summed E-state index contributed by atoms with van der Waals surface area (Å²) >= 11 is 0. The highest BCUT2D eigenvalue weighted by Crippen LogP contribution is 2.11. The molecule has 1 atom stereocenters. The molecule has 8 heteroatoms. The maximum absolute atomic E-state index is 11.3. The van der Waals surface area contributed by atoms with Crippen molar-refractivity contribution in [2.45, 2.75) is 25.6 Å². The molecule has 7 nitrogen and oxygen atoms in total.